The zero-order valence-electron chi connectivity index (χ0n) is 9.82. The van der Waals surface area contributed by atoms with Crippen LogP contribution in [0.25, 0.3) is 0 Å². The number of carboxylic acid groups (broad SMARTS) is 1. The third-order valence-electron chi connectivity index (χ3n) is 2.62. The van der Waals surface area contributed by atoms with E-state index in [1.807, 2.05) is 0 Å². The number of likely N-dealkylation sites (N-methyl/N-ethyl adjacent to an activating group) is 1. The fourth-order valence-corrected chi connectivity index (χ4v) is 1.41. The summed E-state index contributed by atoms with van der Waals surface area (Å²) in [7, 11) is 1.45. The number of nitro groups is 1. The summed E-state index contributed by atoms with van der Waals surface area (Å²) in [5, 5.41) is 28.5. The number of benzene rings is 1. The van der Waals surface area contributed by atoms with Crippen LogP contribution in [-0.4, -0.2) is 29.1 Å². The van der Waals surface area contributed by atoms with Gasteiger partial charge in [-0.1, -0.05) is 0 Å². The highest BCUT2D eigenvalue weighted by Gasteiger charge is 2.24. The molecule has 0 heterocycles. The van der Waals surface area contributed by atoms with E-state index in [0.717, 1.165) is 6.07 Å². The van der Waals surface area contributed by atoms with Gasteiger partial charge in [-0.2, -0.15) is 5.26 Å². The van der Waals surface area contributed by atoms with Crippen LogP contribution in [0.3, 0.4) is 0 Å². The normalized spacial score (nSPS) is 11.4. The predicted molar refractivity (Wildman–Crippen MR) is 63.3 cm³/mol. The number of aliphatic carboxylic acids is 1. The van der Waals surface area contributed by atoms with Crippen molar-refractivity contribution in [1.82, 2.24) is 0 Å². The molecule has 0 spiro atoms. The summed E-state index contributed by atoms with van der Waals surface area (Å²) in [5.41, 5.74) is 0.0281. The van der Waals surface area contributed by atoms with Crippen LogP contribution in [0.1, 0.15) is 12.5 Å². The second-order valence-corrected chi connectivity index (χ2v) is 3.70. The summed E-state index contributed by atoms with van der Waals surface area (Å²) >= 11 is 0. The highest BCUT2D eigenvalue weighted by molar-refractivity contribution is 5.79. The zero-order valence-corrected chi connectivity index (χ0v) is 9.82. The summed E-state index contributed by atoms with van der Waals surface area (Å²) in [6.07, 6.45) is 0. The molecule has 0 aliphatic heterocycles. The van der Waals surface area contributed by atoms with E-state index in [0.29, 0.717) is 0 Å². The molecular weight excluding hydrogens is 238 g/mol. The number of rotatable bonds is 4. The lowest BCUT2D eigenvalue weighted by atomic mass is 10.1. The van der Waals surface area contributed by atoms with Crippen molar-refractivity contribution in [3.05, 3.63) is 33.9 Å². The Morgan fingerprint density at radius 2 is 2.22 bits per heavy atom. The molecule has 0 fully saturated rings. The maximum Gasteiger partial charge on any atom is 0.326 e. The second kappa shape index (κ2) is 5.14. The largest absolute Gasteiger partial charge is 0.480 e. The molecule has 1 aromatic rings. The van der Waals surface area contributed by atoms with Gasteiger partial charge in [-0.3, -0.25) is 10.1 Å². The SMILES string of the molecule is CC(C(=O)O)N(C)c1ccc(C#N)cc1[N+](=O)[O-]. The average Bonchev–Trinajstić information content (AvgIpc) is 2.35. The number of carbonyl (C=O) groups is 1. The van der Waals surface area contributed by atoms with Crippen LogP contribution in [-0.2, 0) is 4.79 Å². The Balaban J connectivity index is 3.28. The van der Waals surface area contributed by atoms with Gasteiger partial charge in [-0.05, 0) is 19.1 Å². The van der Waals surface area contributed by atoms with Crippen molar-refractivity contribution in [2.75, 3.05) is 11.9 Å². The van der Waals surface area contributed by atoms with Crippen LogP contribution in [0.15, 0.2) is 18.2 Å². The molecule has 0 saturated heterocycles. The van der Waals surface area contributed by atoms with Crippen LogP contribution in [0.4, 0.5) is 11.4 Å². The molecule has 0 saturated carbocycles. The number of hydrogen-bond donors (Lipinski definition) is 1. The fraction of sp³-hybridized carbons (Fsp3) is 0.273. The molecule has 1 aromatic carbocycles. The van der Waals surface area contributed by atoms with Crippen molar-refractivity contribution in [2.24, 2.45) is 0 Å². The van der Waals surface area contributed by atoms with Gasteiger partial charge in [0.2, 0.25) is 0 Å². The maximum absolute atomic E-state index is 10.9. The number of nitro benzene ring substituents is 1. The first-order chi connectivity index (χ1) is 8.38. The van der Waals surface area contributed by atoms with Gasteiger partial charge in [-0.15, -0.1) is 0 Å². The van der Waals surface area contributed by atoms with Crippen molar-refractivity contribution in [3.63, 3.8) is 0 Å². The first kappa shape index (κ1) is 13.4. The van der Waals surface area contributed by atoms with Crippen LogP contribution >= 0.6 is 0 Å². The smallest absolute Gasteiger partial charge is 0.326 e. The molecule has 1 unspecified atom stereocenters. The van der Waals surface area contributed by atoms with E-state index < -0.39 is 16.9 Å². The lowest BCUT2D eigenvalue weighted by Gasteiger charge is -2.23. The van der Waals surface area contributed by atoms with Gasteiger partial charge in [0.25, 0.3) is 5.69 Å². The lowest BCUT2D eigenvalue weighted by Crippen LogP contribution is -2.36. The van der Waals surface area contributed by atoms with Crippen LogP contribution in [0.2, 0.25) is 0 Å². The Bertz CT molecular complexity index is 536. The lowest BCUT2D eigenvalue weighted by molar-refractivity contribution is -0.384. The molecule has 0 aromatic heterocycles. The van der Waals surface area contributed by atoms with Crippen LogP contribution < -0.4 is 4.90 Å². The van der Waals surface area contributed by atoms with Crippen molar-refractivity contribution in [1.29, 1.82) is 5.26 Å². The third kappa shape index (κ3) is 2.55. The Morgan fingerprint density at radius 1 is 1.61 bits per heavy atom. The van der Waals surface area contributed by atoms with E-state index in [4.69, 9.17) is 10.4 Å². The van der Waals surface area contributed by atoms with E-state index in [1.54, 1.807) is 6.07 Å². The molecule has 1 atom stereocenters. The summed E-state index contributed by atoms with van der Waals surface area (Å²) in [6.45, 7) is 1.42. The minimum absolute atomic E-state index is 0.154. The molecule has 18 heavy (non-hydrogen) atoms. The molecule has 0 aliphatic rings. The zero-order chi connectivity index (χ0) is 13.9. The quantitative estimate of drug-likeness (QED) is 0.637. The third-order valence-corrected chi connectivity index (χ3v) is 2.62. The minimum Gasteiger partial charge on any atom is -0.480 e. The van der Waals surface area contributed by atoms with Gasteiger partial charge in [0.15, 0.2) is 0 Å². The van der Waals surface area contributed by atoms with Crippen LogP contribution in [0, 0.1) is 21.4 Å². The van der Waals surface area contributed by atoms with Gasteiger partial charge >= 0.3 is 5.97 Å². The van der Waals surface area contributed by atoms with E-state index >= 15 is 0 Å². The predicted octanol–water partition coefficient (Wildman–Crippen LogP) is 1.38. The fourth-order valence-electron chi connectivity index (χ4n) is 1.41. The first-order valence-corrected chi connectivity index (χ1v) is 5.02. The summed E-state index contributed by atoms with van der Waals surface area (Å²) in [5.74, 6) is -1.09. The van der Waals surface area contributed by atoms with Crippen molar-refractivity contribution < 1.29 is 14.8 Å². The van der Waals surface area contributed by atoms with Gasteiger partial charge < -0.3 is 10.0 Å². The number of anilines is 1. The van der Waals surface area contributed by atoms with E-state index in [-0.39, 0.29) is 16.9 Å². The van der Waals surface area contributed by atoms with Gasteiger partial charge in [0.05, 0.1) is 16.6 Å². The van der Waals surface area contributed by atoms with E-state index in [1.165, 1.54) is 31.0 Å². The Hall–Kier alpha value is -2.62. The minimum atomic E-state index is -1.09. The topological polar surface area (TPSA) is 107 Å². The highest BCUT2D eigenvalue weighted by Crippen LogP contribution is 2.29. The van der Waals surface area contributed by atoms with Crippen molar-refractivity contribution >= 4 is 17.3 Å². The molecule has 0 bridgehead atoms. The number of carboxylic acids is 1. The Labute approximate surface area is 103 Å². The molecule has 1 rings (SSSR count). The Kier molecular flexibility index (Phi) is 3.84. The number of hydrogen-bond acceptors (Lipinski definition) is 5. The summed E-state index contributed by atoms with van der Waals surface area (Å²) in [6, 6.07) is 4.80. The molecular formula is C11H11N3O4. The van der Waals surface area contributed by atoms with Crippen molar-refractivity contribution in [3.8, 4) is 6.07 Å². The number of nitrogens with zero attached hydrogens (tertiary/aromatic N) is 3. The highest BCUT2D eigenvalue weighted by atomic mass is 16.6. The molecule has 1 N–H and O–H groups in total. The van der Waals surface area contributed by atoms with E-state index in [9.17, 15) is 14.9 Å². The van der Waals surface area contributed by atoms with Crippen molar-refractivity contribution in [2.45, 2.75) is 13.0 Å². The molecule has 7 heteroatoms. The average molecular weight is 249 g/mol. The second-order valence-electron chi connectivity index (χ2n) is 3.70. The van der Waals surface area contributed by atoms with Gasteiger partial charge in [0.1, 0.15) is 11.7 Å². The standard InChI is InChI=1S/C11H11N3O4/c1-7(11(15)16)13(2)9-4-3-8(6-12)5-10(9)14(17)18/h3-5,7H,1-2H3,(H,15,16). The monoisotopic (exact) mass is 249 g/mol. The number of nitriles is 1. The molecule has 7 nitrogen and oxygen atoms in total. The molecule has 94 valence electrons. The van der Waals surface area contributed by atoms with Gasteiger partial charge in [-0.25, -0.2) is 4.79 Å². The molecule has 0 aliphatic carbocycles. The molecule has 0 radical (unpaired) electrons. The van der Waals surface area contributed by atoms with Crippen LogP contribution in [0.5, 0.6) is 0 Å². The first-order valence-electron chi connectivity index (χ1n) is 5.02. The summed E-state index contributed by atoms with van der Waals surface area (Å²) < 4.78 is 0. The maximum atomic E-state index is 10.9. The van der Waals surface area contributed by atoms with Gasteiger partial charge in [0, 0.05) is 13.1 Å². The summed E-state index contributed by atoms with van der Waals surface area (Å²) in [4.78, 5) is 22.4. The Morgan fingerprint density at radius 3 is 2.67 bits per heavy atom. The van der Waals surface area contributed by atoms with E-state index in [2.05, 4.69) is 0 Å². The molecule has 0 amide bonds.